The van der Waals surface area contributed by atoms with Gasteiger partial charge in [0.1, 0.15) is 0 Å². The number of aromatic nitrogens is 2. The van der Waals surface area contributed by atoms with Crippen molar-refractivity contribution in [2.75, 3.05) is 5.32 Å². The molecule has 0 aliphatic carbocycles. The second-order valence-corrected chi connectivity index (χ2v) is 4.49. The fraction of sp³-hybridized carbons (Fsp3) is 0.214. The number of nitrogens with zero attached hydrogens (tertiary/aromatic N) is 2. The Kier molecular flexibility index (Phi) is 4.47. The van der Waals surface area contributed by atoms with Crippen molar-refractivity contribution in [3.05, 3.63) is 52.8 Å². The van der Waals surface area contributed by atoms with Gasteiger partial charge in [0, 0.05) is 5.69 Å². The number of hydrogen-bond acceptors (Lipinski definition) is 3. The molecule has 0 bridgehead atoms. The Bertz CT molecular complexity index is 569. The number of rotatable bonds is 4. The lowest BCUT2D eigenvalue weighted by atomic mass is 10.1. The molecule has 2 aromatic rings. The van der Waals surface area contributed by atoms with Gasteiger partial charge in [-0.3, -0.25) is 4.79 Å². The molecular weight excluding hydrogens is 262 g/mol. The van der Waals surface area contributed by atoms with Crippen LogP contribution in [0.4, 0.5) is 5.69 Å². The first-order valence-corrected chi connectivity index (χ1v) is 6.47. The Morgan fingerprint density at radius 1 is 1.21 bits per heavy atom. The first kappa shape index (κ1) is 13.5. The van der Waals surface area contributed by atoms with Crippen molar-refractivity contribution >= 4 is 23.2 Å². The Hall–Kier alpha value is -1.94. The average molecular weight is 276 g/mol. The van der Waals surface area contributed by atoms with E-state index in [1.807, 2.05) is 24.3 Å². The third-order valence-corrected chi connectivity index (χ3v) is 2.85. The lowest BCUT2D eigenvalue weighted by molar-refractivity contribution is 0.102. The largest absolute Gasteiger partial charge is 0.320 e. The number of amides is 1. The summed E-state index contributed by atoms with van der Waals surface area (Å²) >= 11 is 5.64. The van der Waals surface area contributed by atoms with Crippen LogP contribution in [0.3, 0.4) is 0 Å². The first-order valence-electron chi connectivity index (χ1n) is 6.09. The van der Waals surface area contributed by atoms with Crippen LogP contribution in [0.15, 0.2) is 36.4 Å². The van der Waals surface area contributed by atoms with Gasteiger partial charge >= 0.3 is 0 Å². The standard InChI is InChI=1S/C14H14ClN3O/c1-2-5-10-6-3-4-7-11(10)16-14(19)12-8-9-13(15)18-17-12/h3-4,6-9H,2,5H2,1H3,(H,16,19). The molecule has 1 N–H and O–H groups in total. The fourth-order valence-corrected chi connectivity index (χ4v) is 1.85. The third kappa shape index (κ3) is 3.51. The number of anilines is 1. The maximum atomic E-state index is 12.0. The summed E-state index contributed by atoms with van der Waals surface area (Å²) in [7, 11) is 0. The maximum Gasteiger partial charge on any atom is 0.276 e. The van der Waals surface area contributed by atoms with Crippen LogP contribution >= 0.6 is 11.6 Å². The van der Waals surface area contributed by atoms with Crippen LogP contribution in [-0.4, -0.2) is 16.1 Å². The minimum atomic E-state index is -0.285. The lowest BCUT2D eigenvalue weighted by Crippen LogP contribution is -2.15. The predicted octanol–water partition coefficient (Wildman–Crippen LogP) is 3.33. The smallest absolute Gasteiger partial charge is 0.276 e. The van der Waals surface area contributed by atoms with Gasteiger partial charge in [0.05, 0.1) is 0 Å². The Morgan fingerprint density at radius 3 is 2.68 bits per heavy atom. The maximum absolute atomic E-state index is 12.0. The SMILES string of the molecule is CCCc1ccccc1NC(=O)c1ccc(Cl)nn1. The van der Waals surface area contributed by atoms with Gasteiger partial charge in [0.25, 0.3) is 5.91 Å². The molecule has 0 saturated heterocycles. The van der Waals surface area contributed by atoms with Crippen molar-refractivity contribution in [3.8, 4) is 0 Å². The van der Waals surface area contributed by atoms with E-state index >= 15 is 0 Å². The summed E-state index contributed by atoms with van der Waals surface area (Å²) < 4.78 is 0. The third-order valence-electron chi connectivity index (χ3n) is 2.65. The molecule has 5 heteroatoms. The highest BCUT2D eigenvalue weighted by molar-refractivity contribution is 6.29. The van der Waals surface area contributed by atoms with Crippen LogP contribution < -0.4 is 5.32 Å². The summed E-state index contributed by atoms with van der Waals surface area (Å²) in [6, 6.07) is 10.8. The molecule has 1 aromatic carbocycles. The number of benzene rings is 1. The van der Waals surface area contributed by atoms with Crippen molar-refractivity contribution in [1.29, 1.82) is 0 Å². The molecule has 2 rings (SSSR count). The van der Waals surface area contributed by atoms with Crippen LogP contribution in [0.25, 0.3) is 0 Å². The molecule has 98 valence electrons. The number of carbonyl (C=O) groups is 1. The van der Waals surface area contributed by atoms with Crippen molar-refractivity contribution in [3.63, 3.8) is 0 Å². The van der Waals surface area contributed by atoms with Gasteiger partial charge in [-0.05, 0) is 30.2 Å². The first-order chi connectivity index (χ1) is 9.20. The number of carbonyl (C=O) groups excluding carboxylic acids is 1. The van der Waals surface area contributed by atoms with Crippen LogP contribution in [0.1, 0.15) is 29.4 Å². The van der Waals surface area contributed by atoms with Crippen LogP contribution in [0.2, 0.25) is 5.15 Å². The molecule has 4 nitrogen and oxygen atoms in total. The average Bonchev–Trinajstić information content (AvgIpc) is 2.42. The quantitative estimate of drug-likeness (QED) is 0.931. The second-order valence-electron chi connectivity index (χ2n) is 4.10. The molecule has 0 aliphatic rings. The molecule has 0 atom stereocenters. The summed E-state index contributed by atoms with van der Waals surface area (Å²) in [6.07, 6.45) is 1.94. The van der Waals surface area contributed by atoms with Crippen LogP contribution in [0, 0.1) is 0 Å². The highest BCUT2D eigenvalue weighted by atomic mass is 35.5. The molecule has 0 aliphatic heterocycles. The van der Waals surface area contributed by atoms with Gasteiger partial charge in [0.2, 0.25) is 0 Å². The van der Waals surface area contributed by atoms with E-state index in [2.05, 4.69) is 22.4 Å². The minimum Gasteiger partial charge on any atom is -0.320 e. The van der Waals surface area contributed by atoms with E-state index in [1.165, 1.54) is 0 Å². The Balaban J connectivity index is 2.16. The van der Waals surface area contributed by atoms with E-state index in [4.69, 9.17) is 11.6 Å². The molecule has 1 amide bonds. The molecule has 0 fully saturated rings. The summed E-state index contributed by atoms with van der Waals surface area (Å²) in [5, 5.41) is 10.5. The van der Waals surface area contributed by atoms with E-state index in [9.17, 15) is 4.79 Å². The van der Waals surface area contributed by atoms with E-state index in [0.29, 0.717) is 0 Å². The molecule has 0 unspecified atom stereocenters. The minimum absolute atomic E-state index is 0.246. The molecule has 19 heavy (non-hydrogen) atoms. The summed E-state index contributed by atoms with van der Waals surface area (Å²) in [4.78, 5) is 12.0. The molecule has 0 radical (unpaired) electrons. The summed E-state index contributed by atoms with van der Waals surface area (Å²) in [5.41, 5.74) is 2.17. The fourth-order valence-electron chi connectivity index (χ4n) is 1.75. The normalized spacial score (nSPS) is 10.2. The van der Waals surface area contributed by atoms with E-state index in [0.717, 1.165) is 24.1 Å². The van der Waals surface area contributed by atoms with E-state index < -0.39 is 0 Å². The van der Waals surface area contributed by atoms with E-state index in [1.54, 1.807) is 12.1 Å². The van der Waals surface area contributed by atoms with Gasteiger partial charge in [-0.15, -0.1) is 10.2 Å². The number of para-hydroxylation sites is 1. The van der Waals surface area contributed by atoms with Gasteiger partial charge in [-0.2, -0.15) is 0 Å². The lowest BCUT2D eigenvalue weighted by Gasteiger charge is -2.09. The Morgan fingerprint density at radius 2 is 2.00 bits per heavy atom. The predicted molar refractivity (Wildman–Crippen MR) is 75.4 cm³/mol. The van der Waals surface area contributed by atoms with Crippen molar-refractivity contribution in [1.82, 2.24) is 10.2 Å². The molecule has 0 saturated carbocycles. The number of nitrogens with one attached hydrogen (secondary N) is 1. The summed E-state index contributed by atoms with van der Waals surface area (Å²) in [6.45, 7) is 2.10. The van der Waals surface area contributed by atoms with Gasteiger partial charge in [-0.1, -0.05) is 43.1 Å². The van der Waals surface area contributed by atoms with Crippen molar-refractivity contribution < 1.29 is 4.79 Å². The molecule has 1 aromatic heterocycles. The van der Waals surface area contributed by atoms with E-state index in [-0.39, 0.29) is 16.8 Å². The monoisotopic (exact) mass is 275 g/mol. The topological polar surface area (TPSA) is 54.9 Å². The zero-order chi connectivity index (χ0) is 13.7. The van der Waals surface area contributed by atoms with Gasteiger partial charge in [-0.25, -0.2) is 0 Å². The number of hydrogen-bond donors (Lipinski definition) is 1. The molecular formula is C14H14ClN3O. The highest BCUT2D eigenvalue weighted by Crippen LogP contribution is 2.17. The van der Waals surface area contributed by atoms with Crippen LogP contribution in [0.5, 0.6) is 0 Å². The second kappa shape index (κ2) is 6.29. The van der Waals surface area contributed by atoms with Gasteiger partial charge < -0.3 is 5.32 Å². The highest BCUT2D eigenvalue weighted by Gasteiger charge is 2.10. The van der Waals surface area contributed by atoms with Gasteiger partial charge in [0.15, 0.2) is 10.8 Å². The Labute approximate surface area is 116 Å². The summed E-state index contributed by atoms with van der Waals surface area (Å²) in [5.74, 6) is -0.285. The molecule has 1 heterocycles. The number of halogens is 1. The van der Waals surface area contributed by atoms with Crippen LogP contribution in [-0.2, 0) is 6.42 Å². The number of aryl methyl sites for hydroxylation is 1. The molecule has 0 spiro atoms. The zero-order valence-electron chi connectivity index (χ0n) is 10.6. The van der Waals surface area contributed by atoms with Crippen molar-refractivity contribution in [2.24, 2.45) is 0 Å². The zero-order valence-corrected chi connectivity index (χ0v) is 11.3. The van der Waals surface area contributed by atoms with Crippen molar-refractivity contribution in [2.45, 2.75) is 19.8 Å².